The van der Waals surface area contributed by atoms with Crippen LogP contribution in [0.25, 0.3) is 0 Å². The normalized spacial score (nSPS) is 21.6. The van der Waals surface area contributed by atoms with Crippen LogP contribution in [0.5, 0.6) is 5.75 Å². The fraction of sp³-hybridized carbons (Fsp3) is 0.588. The molecule has 122 valence electrons. The lowest BCUT2D eigenvalue weighted by atomic mass is 9.90. The van der Waals surface area contributed by atoms with Crippen molar-refractivity contribution < 1.29 is 9.53 Å². The van der Waals surface area contributed by atoms with Gasteiger partial charge in [-0.2, -0.15) is 0 Å². The van der Waals surface area contributed by atoms with E-state index in [9.17, 15) is 4.79 Å². The minimum Gasteiger partial charge on any atom is -0.492 e. The Kier molecular flexibility index (Phi) is 5.66. The minimum atomic E-state index is -0.0470. The van der Waals surface area contributed by atoms with Gasteiger partial charge in [-0.25, -0.2) is 0 Å². The van der Waals surface area contributed by atoms with Crippen LogP contribution in [0.4, 0.5) is 5.69 Å². The summed E-state index contributed by atoms with van der Waals surface area (Å²) < 4.78 is 5.45. The summed E-state index contributed by atoms with van der Waals surface area (Å²) in [5.74, 6) is 0.528. The van der Waals surface area contributed by atoms with Crippen LogP contribution in [0.15, 0.2) is 18.2 Å². The van der Waals surface area contributed by atoms with Crippen molar-refractivity contribution in [1.29, 1.82) is 0 Å². The summed E-state index contributed by atoms with van der Waals surface area (Å²) in [6.45, 7) is 2.43. The number of carbonyl (C=O) groups excluding carboxylic acids is 1. The van der Waals surface area contributed by atoms with Crippen molar-refractivity contribution in [2.24, 2.45) is 0 Å². The van der Waals surface area contributed by atoms with Gasteiger partial charge in [0.25, 0.3) is 5.91 Å². The maximum Gasteiger partial charge on any atom is 0.251 e. The number of hydrogen-bond acceptors (Lipinski definition) is 4. The molecule has 0 bridgehead atoms. The summed E-state index contributed by atoms with van der Waals surface area (Å²) in [5, 5.41) is 3.13. The standard InChI is InChI=1S/C17H27N3O2/c1-4-22-16-11-12(5-10-15(16)18)17(21)19-13-6-8-14(9-7-13)20(2)3/h5,10-11,13-14H,4,6-9,18H2,1-3H3,(H,19,21). The molecule has 0 aromatic heterocycles. The Morgan fingerprint density at radius 3 is 2.59 bits per heavy atom. The minimum absolute atomic E-state index is 0.0470. The van der Waals surface area contributed by atoms with Crippen molar-refractivity contribution in [3.05, 3.63) is 23.8 Å². The number of nitrogen functional groups attached to an aromatic ring is 1. The van der Waals surface area contributed by atoms with E-state index in [-0.39, 0.29) is 11.9 Å². The van der Waals surface area contributed by atoms with Gasteiger partial charge in [0, 0.05) is 17.6 Å². The second-order valence-corrected chi connectivity index (χ2v) is 6.13. The van der Waals surface area contributed by atoms with Crippen LogP contribution in [-0.2, 0) is 0 Å². The van der Waals surface area contributed by atoms with E-state index in [1.165, 1.54) is 0 Å². The number of amides is 1. The maximum atomic E-state index is 12.4. The Balaban J connectivity index is 1.94. The zero-order chi connectivity index (χ0) is 16.1. The summed E-state index contributed by atoms with van der Waals surface area (Å²) >= 11 is 0. The van der Waals surface area contributed by atoms with Crippen LogP contribution in [0, 0.1) is 0 Å². The molecule has 0 atom stereocenters. The highest BCUT2D eigenvalue weighted by Crippen LogP contribution is 2.24. The summed E-state index contributed by atoms with van der Waals surface area (Å²) in [7, 11) is 4.24. The van der Waals surface area contributed by atoms with Crippen molar-refractivity contribution in [2.45, 2.75) is 44.7 Å². The van der Waals surface area contributed by atoms with Crippen molar-refractivity contribution in [2.75, 3.05) is 26.4 Å². The number of nitrogens with one attached hydrogen (secondary N) is 1. The quantitative estimate of drug-likeness (QED) is 0.819. The zero-order valence-electron chi connectivity index (χ0n) is 13.8. The molecule has 0 spiro atoms. The third kappa shape index (κ3) is 4.13. The van der Waals surface area contributed by atoms with Gasteiger partial charge in [-0.1, -0.05) is 0 Å². The number of nitrogens with two attached hydrogens (primary N) is 1. The van der Waals surface area contributed by atoms with Gasteiger partial charge in [0.05, 0.1) is 12.3 Å². The summed E-state index contributed by atoms with van der Waals surface area (Å²) in [6.07, 6.45) is 4.32. The van der Waals surface area contributed by atoms with Gasteiger partial charge in [-0.05, 0) is 64.9 Å². The first kappa shape index (κ1) is 16.6. The zero-order valence-corrected chi connectivity index (χ0v) is 13.8. The predicted octanol–water partition coefficient (Wildman–Crippen LogP) is 2.27. The molecule has 22 heavy (non-hydrogen) atoms. The lowest BCUT2D eigenvalue weighted by Crippen LogP contribution is -2.41. The van der Waals surface area contributed by atoms with Gasteiger partial charge >= 0.3 is 0 Å². The summed E-state index contributed by atoms with van der Waals surface area (Å²) in [6, 6.07) is 6.09. The highest BCUT2D eigenvalue weighted by Gasteiger charge is 2.24. The largest absolute Gasteiger partial charge is 0.492 e. The van der Waals surface area contributed by atoms with Crippen LogP contribution in [-0.4, -0.2) is 43.6 Å². The molecular formula is C17H27N3O2. The molecule has 0 saturated heterocycles. The fourth-order valence-electron chi connectivity index (χ4n) is 2.96. The molecule has 1 aromatic rings. The number of anilines is 1. The van der Waals surface area contributed by atoms with Gasteiger partial charge in [0.1, 0.15) is 5.75 Å². The van der Waals surface area contributed by atoms with Crippen LogP contribution in [0.1, 0.15) is 43.0 Å². The average molecular weight is 305 g/mol. The Morgan fingerprint density at radius 2 is 2.00 bits per heavy atom. The third-order valence-electron chi connectivity index (χ3n) is 4.34. The predicted molar refractivity (Wildman–Crippen MR) is 89.2 cm³/mol. The van der Waals surface area contributed by atoms with Gasteiger partial charge in [0.2, 0.25) is 0 Å². The van der Waals surface area contributed by atoms with Crippen LogP contribution >= 0.6 is 0 Å². The van der Waals surface area contributed by atoms with E-state index >= 15 is 0 Å². The first-order chi connectivity index (χ1) is 10.5. The van der Waals surface area contributed by atoms with Crippen molar-refractivity contribution >= 4 is 11.6 Å². The second-order valence-electron chi connectivity index (χ2n) is 6.13. The molecule has 1 aliphatic carbocycles. The number of rotatable bonds is 5. The molecule has 1 saturated carbocycles. The number of carbonyl (C=O) groups is 1. The molecule has 2 rings (SSSR count). The Hall–Kier alpha value is -1.75. The smallest absolute Gasteiger partial charge is 0.251 e. The van der Waals surface area contributed by atoms with Gasteiger partial charge < -0.3 is 20.7 Å². The van der Waals surface area contributed by atoms with Gasteiger partial charge in [0.15, 0.2) is 0 Å². The number of hydrogen-bond donors (Lipinski definition) is 2. The Labute approximate surface area is 132 Å². The van der Waals surface area contributed by atoms with Crippen molar-refractivity contribution in [3.8, 4) is 5.75 Å². The van der Waals surface area contributed by atoms with E-state index in [0.717, 1.165) is 25.7 Å². The molecule has 1 aliphatic rings. The van der Waals surface area contributed by atoms with Crippen LogP contribution in [0.3, 0.4) is 0 Å². The fourth-order valence-corrected chi connectivity index (χ4v) is 2.96. The average Bonchev–Trinajstić information content (AvgIpc) is 2.50. The van der Waals surface area contributed by atoms with Crippen LogP contribution in [0.2, 0.25) is 0 Å². The number of ether oxygens (including phenoxy) is 1. The van der Waals surface area contributed by atoms with Crippen LogP contribution < -0.4 is 15.8 Å². The van der Waals surface area contributed by atoms with E-state index < -0.39 is 0 Å². The molecule has 1 aromatic carbocycles. The van der Waals surface area contributed by atoms with E-state index in [1.807, 2.05) is 6.92 Å². The van der Waals surface area contributed by atoms with E-state index in [2.05, 4.69) is 24.3 Å². The molecule has 1 fully saturated rings. The molecular weight excluding hydrogens is 278 g/mol. The molecule has 1 amide bonds. The Morgan fingerprint density at radius 1 is 1.32 bits per heavy atom. The van der Waals surface area contributed by atoms with E-state index in [0.29, 0.717) is 29.6 Å². The highest BCUT2D eigenvalue weighted by molar-refractivity contribution is 5.95. The maximum absolute atomic E-state index is 12.4. The van der Waals surface area contributed by atoms with Gasteiger partial charge in [-0.15, -0.1) is 0 Å². The molecule has 0 radical (unpaired) electrons. The van der Waals surface area contributed by atoms with Crippen molar-refractivity contribution in [3.63, 3.8) is 0 Å². The summed E-state index contributed by atoms with van der Waals surface area (Å²) in [5.41, 5.74) is 7.01. The lowest BCUT2D eigenvalue weighted by molar-refractivity contribution is 0.0915. The number of benzene rings is 1. The highest BCUT2D eigenvalue weighted by atomic mass is 16.5. The van der Waals surface area contributed by atoms with Crippen molar-refractivity contribution in [1.82, 2.24) is 10.2 Å². The van der Waals surface area contributed by atoms with E-state index in [4.69, 9.17) is 10.5 Å². The molecule has 0 unspecified atom stereocenters. The molecule has 0 aliphatic heterocycles. The molecule has 5 heteroatoms. The monoisotopic (exact) mass is 305 g/mol. The first-order valence-corrected chi connectivity index (χ1v) is 8.01. The molecule has 0 heterocycles. The Bertz CT molecular complexity index is 509. The summed E-state index contributed by atoms with van der Waals surface area (Å²) in [4.78, 5) is 14.6. The number of nitrogens with zero attached hydrogens (tertiary/aromatic N) is 1. The molecule has 5 nitrogen and oxygen atoms in total. The topological polar surface area (TPSA) is 67.6 Å². The second kappa shape index (κ2) is 7.49. The third-order valence-corrected chi connectivity index (χ3v) is 4.34. The lowest BCUT2D eigenvalue weighted by Gasteiger charge is -2.33. The molecule has 3 N–H and O–H groups in total. The van der Waals surface area contributed by atoms with Gasteiger partial charge in [-0.3, -0.25) is 4.79 Å². The SMILES string of the molecule is CCOc1cc(C(=O)NC2CCC(N(C)C)CC2)ccc1N. The first-order valence-electron chi connectivity index (χ1n) is 8.01. The van der Waals surface area contributed by atoms with E-state index in [1.54, 1.807) is 18.2 Å².